The first kappa shape index (κ1) is 16.3. The highest BCUT2D eigenvalue weighted by Gasteiger charge is 2.16. The van der Waals surface area contributed by atoms with E-state index in [9.17, 15) is 9.59 Å². The Morgan fingerprint density at radius 2 is 1.86 bits per heavy atom. The van der Waals surface area contributed by atoms with Crippen LogP contribution >= 0.6 is 15.9 Å². The SMILES string of the molecule is CC(C)CNC(=O)c1ccccc1NC(=O)c1ccc(Br)o1. The summed E-state index contributed by atoms with van der Waals surface area (Å²) in [7, 11) is 0. The Labute approximate surface area is 137 Å². The Bertz CT molecular complexity index is 680. The average molecular weight is 365 g/mol. The topological polar surface area (TPSA) is 71.3 Å². The first-order valence-corrected chi connectivity index (χ1v) is 7.70. The van der Waals surface area contributed by atoms with Crippen LogP contribution in [0.2, 0.25) is 0 Å². The molecule has 1 heterocycles. The largest absolute Gasteiger partial charge is 0.444 e. The average Bonchev–Trinajstić information content (AvgIpc) is 2.92. The molecule has 2 N–H and O–H groups in total. The van der Waals surface area contributed by atoms with E-state index in [1.54, 1.807) is 36.4 Å². The maximum atomic E-state index is 12.2. The molecular formula is C16H17BrN2O3. The first-order chi connectivity index (χ1) is 10.5. The summed E-state index contributed by atoms with van der Waals surface area (Å²) in [6, 6.07) is 10.1. The fourth-order valence-corrected chi connectivity index (χ4v) is 2.11. The van der Waals surface area contributed by atoms with Crippen LogP contribution in [0.15, 0.2) is 45.5 Å². The van der Waals surface area contributed by atoms with Gasteiger partial charge in [-0.1, -0.05) is 26.0 Å². The molecule has 116 valence electrons. The third-order valence-electron chi connectivity index (χ3n) is 2.89. The van der Waals surface area contributed by atoms with Crippen LogP contribution in [0.1, 0.15) is 34.8 Å². The molecule has 0 spiro atoms. The predicted molar refractivity (Wildman–Crippen MR) is 88.0 cm³/mol. The standard InChI is InChI=1S/C16H17BrN2O3/c1-10(2)9-18-15(20)11-5-3-4-6-12(11)19-16(21)13-7-8-14(17)22-13/h3-8,10H,9H2,1-2H3,(H,18,20)(H,19,21). The molecule has 0 fully saturated rings. The van der Waals surface area contributed by atoms with Crippen molar-refractivity contribution in [2.45, 2.75) is 13.8 Å². The van der Waals surface area contributed by atoms with Crippen molar-refractivity contribution in [3.05, 3.63) is 52.4 Å². The molecule has 1 aromatic heterocycles. The summed E-state index contributed by atoms with van der Waals surface area (Å²) in [4.78, 5) is 24.3. The number of furan rings is 1. The number of carbonyl (C=O) groups is 2. The second-order valence-electron chi connectivity index (χ2n) is 5.21. The van der Waals surface area contributed by atoms with E-state index in [0.29, 0.717) is 28.4 Å². The van der Waals surface area contributed by atoms with Gasteiger partial charge in [-0.3, -0.25) is 9.59 Å². The fourth-order valence-electron chi connectivity index (χ4n) is 1.80. The summed E-state index contributed by atoms with van der Waals surface area (Å²) in [6.07, 6.45) is 0. The number of halogens is 1. The molecule has 0 aliphatic heterocycles. The van der Waals surface area contributed by atoms with Crippen LogP contribution in [-0.2, 0) is 0 Å². The van der Waals surface area contributed by atoms with Crippen LogP contribution in [0.5, 0.6) is 0 Å². The number of rotatable bonds is 5. The van der Waals surface area contributed by atoms with Gasteiger partial charge in [0.2, 0.25) is 0 Å². The number of amides is 2. The highest BCUT2D eigenvalue weighted by atomic mass is 79.9. The van der Waals surface area contributed by atoms with E-state index < -0.39 is 5.91 Å². The van der Waals surface area contributed by atoms with Gasteiger partial charge in [0.25, 0.3) is 11.8 Å². The van der Waals surface area contributed by atoms with Gasteiger partial charge in [0.15, 0.2) is 10.4 Å². The van der Waals surface area contributed by atoms with E-state index in [1.807, 2.05) is 13.8 Å². The Morgan fingerprint density at radius 3 is 2.50 bits per heavy atom. The summed E-state index contributed by atoms with van der Waals surface area (Å²) in [5, 5.41) is 5.53. The molecule has 0 aliphatic rings. The van der Waals surface area contributed by atoms with Gasteiger partial charge >= 0.3 is 0 Å². The maximum absolute atomic E-state index is 12.2. The monoisotopic (exact) mass is 364 g/mol. The number of carbonyl (C=O) groups excluding carboxylic acids is 2. The molecule has 0 aliphatic carbocycles. The molecule has 2 aromatic rings. The van der Waals surface area contributed by atoms with Crippen molar-refractivity contribution in [1.29, 1.82) is 0 Å². The third-order valence-corrected chi connectivity index (χ3v) is 3.31. The van der Waals surface area contributed by atoms with E-state index in [-0.39, 0.29) is 11.7 Å². The zero-order valence-electron chi connectivity index (χ0n) is 12.4. The number of benzene rings is 1. The molecule has 0 unspecified atom stereocenters. The molecule has 0 radical (unpaired) electrons. The Balaban J connectivity index is 2.14. The molecule has 0 atom stereocenters. The number of para-hydroxylation sites is 1. The van der Waals surface area contributed by atoms with Crippen LogP contribution in [0.3, 0.4) is 0 Å². The molecule has 2 amide bonds. The van der Waals surface area contributed by atoms with Crippen molar-refractivity contribution in [1.82, 2.24) is 5.32 Å². The summed E-state index contributed by atoms with van der Waals surface area (Å²) >= 11 is 3.15. The van der Waals surface area contributed by atoms with Gasteiger partial charge in [0.05, 0.1) is 11.3 Å². The van der Waals surface area contributed by atoms with Gasteiger partial charge in [0.1, 0.15) is 0 Å². The van der Waals surface area contributed by atoms with Crippen LogP contribution in [-0.4, -0.2) is 18.4 Å². The van der Waals surface area contributed by atoms with Crippen LogP contribution in [0.25, 0.3) is 0 Å². The highest BCUT2D eigenvalue weighted by Crippen LogP contribution is 2.19. The molecule has 1 aromatic carbocycles. The van der Waals surface area contributed by atoms with Crippen molar-refractivity contribution in [2.75, 3.05) is 11.9 Å². The summed E-state index contributed by atoms with van der Waals surface area (Å²) in [5.74, 6) is -0.101. The van der Waals surface area contributed by atoms with Gasteiger partial charge < -0.3 is 15.1 Å². The summed E-state index contributed by atoms with van der Waals surface area (Å²) in [5.41, 5.74) is 0.864. The van der Waals surface area contributed by atoms with E-state index in [2.05, 4.69) is 26.6 Å². The number of hydrogen-bond acceptors (Lipinski definition) is 3. The molecule has 2 rings (SSSR count). The van der Waals surface area contributed by atoms with E-state index in [4.69, 9.17) is 4.42 Å². The quantitative estimate of drug-likeness (QED) is 0.849. The van der Waals surface area contributed by atoms with Crippen molar-refractivity contribution in [3.63, 3.8) is 0 Å². The van der Waals surface area contributed by atoms with Gasteiger partial charge in [-0.25, -0.2) is 0 Å². The second-order valence-corrected chi connectivity index (χ2v) is 5.99. The van der Waals surface area contributed by atoms with Crippen LogP contribution < -0.4 is 10.6 Å². The summed E-state index contributed by atoms with van der Waals surface area (Å²) < 4.78 is 5.67. The minimum atomic E-state index is -0.408. The van der Waals surface area contributed by atoms with Gasteiger partial charge in [0, 0.05) is 6.54 Å². The summed E-state index contributed by atoms with van der Waals surface area (Å²) in [6.45, 7) is 4.61. The minimum absolute atomic E-state index is 0.171. The van der Waals surface area contributed by atoms with E-state index >= 15 is 0 Å². The normalized spacial score (nSPS) is 10.5. The molecule has 0 bridgehead atoms. The maximum Gasteiger partial charge on any atom is 0.291 e. The van der Waals surface area contributed by atoms with Crippen LogP contribution in [0, 0.1) is 5.92 Å². The Morgan fingerprint density at radius 1 is 1.14 bits per heavy atom. The zero-order valence-corrected chi connectivity index (χ0v) is 13.9. The highest BCUT2D eigenvalue weighted by molar-refractivity contribution is 9.10. The van der Waals surface area contributed by atoms with Crippen molar-refractivity contribution in [3.8, 4) is 0 Å². The second kappa shape index (κ2) is 7.26. The predicted octanol–water partition coefficient (Wildman–Crippen LogP) is 3.68. The van der Waals surface area contributed by atoms with Gasteiger partial charge in [-0.05, 0) is 46.1 Å². The fraction of sp³-hybridized carbons (Fsp3) is 0.250. The molecule has 0 saturated heterocycles. The number of anilines is 1. The lowest BCUT2D eigenvalue weighted by Gasteiger charge is -2.12. The van der Waals surface area contributed by atoms with E-state index in [1.165, 1.54) is 0 Å². The lowest BCUT2D eigenvalue weighted by Crippen LogP contribution is -2.28. The first-order valence-electron chi connectivity index (χ1n) is 6.91. The van der Waals surface area contributed by atoms with Crippen molar-refractivity contribution >= 4 is 33.4 Å². The Kier molecular flexibility index (Phi) is 5.38. The molecule has 6 heteroatoms. The smallest absolute Gasteiger partial charge is 0.291 e. The van der Waals surface area contributed by atoms with Gasteiger partial charge in [-0.2, -0.15) is 0 Å². The molecule has 0 saturated carbocycles. The van der Waals surface area contributed by atoms with Crippen LogP contribution in [0.4, 0.5) is 5.69 Å². The minimum Gasteiger partial charge on any atom is -0.444 e. The van der Waals surface area contributed by atoms with Crippen molar-refractivity contribution in [2.24, 2.45) is 5.92 Å². The third kappa shape index (κ3) is 4.21. The van der Waals surface area contributed by atoms with Crippen molar-refractivity contribution < 1.29 is 14.0 Å². The Hall–Kier alpha value is -2.08. The lowest BCUT2D eigenvalue weighted by molar-refractivity contribution is 0.0950. The zero-order chi connectivity index (χ0) is 16.1. The lowest BCUT2D eigenvalue weighted by atomic mass is 10.1. The molecule has 5 nitrogen and oxygen atoms in total. The number of nitrogens with one attached hydrogen (secondary N) is 2. The van der Waals surface area contributed by atoms with E-state index in [0.717, 1.165) is 0 Å². The molecular weight excluding hydrogens is 348 g/mol. The molecule has 22 heavy (non-hydrogen) atoms. The number of hydrogen-bond donors (Lipinski definition) is 2. The van der Waals surface area contributed by atoms with Gasteiger partial charge in [-0.15, -0.1) is 0 Å².